The van der Waals surface area contributed by atoms with Crippen molar-refractivity contribution in [2.45, 2.75) is 18.6 Å². The fourth-order valence-corrected chi connectivity index (χ4v) is 2.40. The van der Waals surface area contributed by atoms with E-state index >= 15 is 0 Å². The molecule has 0 spiro atoms. The Morgan fingerprint density at radius 1 is 1.27 bits per heavy atom. The first kappa shape index (κ1) is 9.33. The van der Waals surface area contributed by atoms with Crippen LogP contribution in [0.4, 0.5) is 0 Å². The maximum absolute atomic E-state index is 5.94. The third kappa shape index (κ3) is 1.78. The molecule has 0 bridgehead atoms. The van der Waals surface area contributed by atoms with E-state index in [4.69, 9.17) is 4.84 Å². The zero-order valence-corrected chi connectivity index (χ0v) is 8.73. The molecule has 80 valence electrons. The highest BCUT2D eigenvalue weighted by Gasteiger charge is 2.35. The number of nitrogens with one attached hydrogen (secondary N) is 1. The zero-order chi connectivity index (χ0) is 10.1. The molecule has 2 saturated heterocycles. The summed E-state index contributed by atoms with van der Waals surface area (Å²) in [4.78, 5) is 5.94. The van der Waals surface area contributed by atoms with E-state index in [0.717, 1.165) is 26.1 Å². The highest BCUT2D eigenvalue weighted by atomic mass is 16.7. The van der Waals surface area contributed by atoms with E-state index in [1.165, 1.54) is 5.56 Å². The van der Waals surface area contributed by atoms with Crippen LogP contribution in [0.5, 0.6) is 0 Å². The predicted molar refractivity (Wildman–Crippen MR) is 58.2 cm³/mol. The van der Waals surface area contributed by atoms with Crippen LogP contribution in [0.25, 0.3) is 0 Å². The van der Waals surface area contributed by atoms with Gasteiger partial charge >= 0.3 is 0 Å². The first-order valence-electron chi connectivity index (χ1n) is 5.62. The summed E-state index contributed by atoms with van der Waals surface area (Å²) in [5.41, 5.74) is 1.30. The standard InChI is InChI=1S/C12H16N2O/c1-2-4-10(5-3-1)12-8-11-9-13-6-7-14(11)15-12/h1-5,11-13H,6-9H2/t11-,12-/m0/s1. The van der Waals surface area contributed by atoms with Gasteiger partial charge in [0.2, 0.25) is 0 Å². The van der Waals surface area contributed by atoms with Gasteiger partial charge in [0.15, 0.2) is 0 Å². The third-order valence-electron chi connectivity index (χ3n) is 3.22. The van der Waals surface area contributed by atoms with Gasteiger partial charge in [-0.05, 0) is 12.0 Å². The van der Waals surface area contributed by atoms with Gasteiger partial charge in [-0.2, -0.15) is 5.06 Å². The average molecular weight is 204 g/mol. The van der Waals surface area contributed by atoms with Crippen molar-refractivity contribution in [3.8, 4) is 0 Å². The molecule has 2 atom stereocenters. The Labute approximate surface area is 90.0 Å². The lowest BCUT2D eigenvalue weighted by atomic mass is 10.0. The molecule has 2 aliphatic rings. The van der Waals surface area contributed by atoms with Crippen molar-refractivity contribution in [1.29, 1.82) is 0 Å². The fraction of sp³-hybridized carbons (Fsp3) is 0.500. The number of hydrogen-bond donors (Lipinski definition) is 1. The van der Waals surface area contributed by atoms with Gasteiger partial charge in [0.1, 0.15) is 6.10 Å². The van der Waals surface area contributed by atoms with Crippen molar-refractivity contribution in [3.63, 3.8) is 0 Å². The average Bonchev–Trinajstić information content (AvgIpc) is 2.74. The van der Waals surface area contributed by atoms with Gasteiger partial charge in [0.05, 0.1) is 6.04 Å². The number of benzene rings is 1. The second-order valence-corrected chi connectivity index (χ2v) is 4.24. The van der Waals surface area contributed by atoms with Crippen LogP contribution in [-0.4, -0.2) is 30.7 Å². The second kappa shape index (κ2) is 3.93. The SMILES string of the molecule is c1ccc([C@@H]2C[C@H]3CNCCN3O2)cc1. The molecular formula is C12H16N2O. The van der Waals surface area contributed by atoms with E-state index in [0.29, 0.717) is 6.04 Å². The van der Waals surface area contributed by atoms with E-state index in [2.05, 4.69) is 34.6 Å². The number of hydroxylamine groups is 2. The molecule has 0 aliphatic carbocycles. The van der Waals surface area contributed by atoms with Crippen molar-refractivity contribution in [3.05, 3.63) is 35.9 Å². The Balaban J connectivity index is 1.75. The monoisotopic (exact) mass is 204 g/mol. The minimum atomic E-state index is 0.260. The molecule has 0 amide bonds. The summed E-state index contributed by atoms with van der Waals surface area (Å²) < 4.78 is 0. The van der Waals surface area contributed by atoms with Crippen LogP contribution in [0.1, 0.15) is 18.1 Å². The summed E-state index contributed by atoms with van der Waals surface area (Å²) in [5, 5.41) is 5.55. The number of hydrogen-bond acceptors (Lipinski definition) is 3. The number of fused-ring (bicyclic) bond motifs is 1. The minimum Gasteiger partial charge on any atom is -0.314 e. The van der Waals surface area contributed by atoms with Crippen LogP contribution in [0.2, 0.25) is 0 Å². The largest absolute Gasteiger partial charge is 0.314 e. The Hall–Kier alpha value is -0.900. The van der Waals surface area contributed by atoms with E-state index in [9.17, 15) is 0 Å². The van der Waals surface area contributed by atoms with Crippen molar-refractivity contribution in [2.75, 3.05) is 19.6 Å². The van der Waals surface area contributed by atoms with Crippen LogP contribution >= 0.6 is 0 Å². The summed E-state index contributed by atoms with van der Waals surface area (Å²) in [6, 6.07) is 11.1. The Morgan fingerprint density at radius 3 is 2.93 bits per heavy atom. The molecule has 1 aromatic rings. The van der Waals surface area contributed by atoms with Crippen LogP contribution in [-0.2, 0) is 4.84 Å². The maximum atomic E-state index is 5.94. The van der Waals surface area contributed by atoms with Crippen LogP contribution in [0.3, 0.4) is 0 Å². The third-order valence-corrected chi connectivity index (χ3v) is 3.22. The van der Waals surface area contributed by atoms with E-state index in [1.807, 2.05) is 6.07 Å². The Kier molecular flexibility index (Phi) is 2.44. The predicted octanol–water partition coefficient (Wildman–Crippen LogP) is 1.34. The molecule has 2 fully saturated rings. The van der Waals surface area contributed by atoms with Gasteiger partial charge in [-0.15, -0.1) is 0 Å². The van der Waals surface area contributed by atoms with Crippen LogP contribution in [0, 0.1) is 0 Å². The lowest BCUT2D eigenvalue weighted by Gasteiger charge is -2.27. The Morgan fingerprint density at radius 2 is 2.13 bits per heavy atom. The number of nitrogens with zero attached hydrogens (tertiary/aromatic N) is 1. The Bertz CT molecular complexity index is 314. The van der Waals surface area contributed by atoms with Gasteiger partial charge in [0.25, 0.3) is 0 Å². The zero-order valence-electron chi connectivity index (χ0n) is 8.73. The molecule has 15 heavy (non-hydrogen) atoms. The normalized spacial score (nSPS) is 31.5. The molecule has 2 heterocycles. The maximum Gasteiger partial charge on any atom is 0.106 e. The summed E-state index contributed by atoms with van der Waals surface area (Å²) in [5.74, 6) is 0. The van der Waals surface area contributed by atoms with E-state index in [1.54, 1.807) is 0 Å². The van der Waals surface area contributed by atoms with Crippen molar-refractivity contribution < 1.29 is 4.84 Å². The highest BCUT2D eigenvalue weighted by molar-refractivity contribution is 5.18. The quantitative estimate of drug-likeness (QED) is 0.747. The molecule has 3 nitrogen and oxygen atoms in total. The van der Waals surface area contributed by atoms with E-state index < -0.39 is 0 Å². The minimum absolute atomic E-state index is 0.260. The lowest BCUT2D eigenvalue weighted by Crippen LogP contribution is -2.46. The molecule has 0 aromatic heterocycles. The van der Waals surface area contributed by atoms with Gasteiger partial charge in [-0.25, -0.2) is 0 Å². The molecule has 0 radical (unpaired) electrons. The van der Waals surface area contributed by atoms with Crippen molar-refractivity contribution in [2.24, 2.45) is 0 Å². The summed E-state index contributed by atoms with van der Waals surface area (Å²) in [6.07, 6.45) is 1.37. The second-order valence-electron chi connectivity index (χ2n) is 4.24. The van der Waals surface area contributed by atoms with Gasteiger partial charge in [-0.1, -0.05) is 30.3 Å². The van der Waals surface area contributed by atoms with Crippen molar-refractivity contribution in [1.82, 2.24) is 10.4 Å². The van der Waals surface area contributed by atoms with Crippen molar-refractivity contribution >= 4 is 0 Å². The number of rotatable bonds is 1. The molecule has 3 rings (SSSR count). The van der Waals surface area contributed by atoms with E-state index in [-0.39, 0.29) is 6.10 Å². The highest BCUT2D eigenvalue weighted by Crippen LogP contribution is 2.33. The van der Waals surface area contributed by atoms with Crippen LogP contribution < -0.4 is 5.32 Å². The summed E-state index contributed by atoms with van der Waals surface area (Å²) in [6.45, 7) is 3.11. The summed E-state index contributed by atoms with van der Waals surface area (Å²) in [7, 11) is 0. The van der Waals surface area contributed by atoms with Crippen LogP contribution in [0.15, 0.2) is 30.3 Å². The molecule has 3 heteroatoms. The first-order chi connectivity index (χ1) is 7.43. The molecule has 1 N–H and O–H groups in total. The molecule has 1 aromatic carbocycles. The number of piperazine rings is 1. The molecule has 0 unspecified atom stereocenters. The smallest absolute Gasteiger partial charge is 0.106 e. The van der Waals surface area contributed by atoms with Gasteiger partial charge in [-0.3, -0.25) is 4.84 Å². The first-order valence-corrected chi connectivity index (χ1v) is 5.62. The molecule has 2 aliphatic heterocycles. The van der Waals surface area contributed by atoms with Gasteiger partial charge in [0, 0.05) is 19.6 Å². The molecular weight excluding hydrogens is 188 g/mol. The molecule has 0 saturated carbocycles. The fourth-order valence-electron chi connectivity index (χ4n) is 2.40. The van der Waals surface area contributed by atoms with Gasteiger partial charge < -0.3 is 5.32 Å². The lowest BCUT2D eigenvalue weighted by molar-refractivity contribution is -0.169. The topological polar surface area (TPSA) is 24.5 Å². The summed E-state index contributed by atoms with van der Waals surface area (Å²) >= 11 is 0.